The first-order chi connectivity index (χ1) is 20.7. The van der Waals surface area contributed by atoms with Crippen molar-refractivity contribution in [1.82, 2.24) is 14.9 Å². The van der Waals surface area contributed by atoms with E-state index in [0.717, 1.165) is 32.9 Å². The van der Waals surface area contributed by atoms with E-state index in [1.807, 2.05) is 86.8 Å². The minimum absolute atomic E-state index is 0.0833. The standard InChI is InChI=1S/C35H39N3O5/c1-25(2)21-31(34(40)37(3)42-4)36-33(39)22-32(35(41)43-24-26-11-7-5-8-12-26)38-20-19-30(23-38)29-17-15-28(16-18-29)27-13-9-6-10-14-27/h5-20,23,25,31-32H,21-22,24H2,1-4H3,(H,36,39)/t31?,32-/m1/s1. The fourth-order valence-electron chi connectivity index (χ4n) is 4.83. The SMILES string of the molecule is CON(C)C(=O)C(CC(C)C)NC(=O)C[C@H](C(=O)OCc1ccccc1)n1ccc(-c2ccc(-c3ccccc3)cc2)c1. The Bertz CT molecular complexity index is 1480. The molecule has 43 heavy (non-hydrogen) atoms. The average Bonchev–Trinajstić information content (AvgIpc) is 3.52. The van der Waals surface area contributed by atoms with Crippen LogP contribution in [0.4, 0.5) is 0 Å². The first-order valence-electron chi connectivity index (χ1n) is 14.4. The second-order valence-corrected chi connectivity index (χ2v) is 10.9. The van der Waals surface area contributed by atoms with Crippen LogP contribution in [0.3, 0.4) is 0 Å². The lowest BCUT2D eigenvalue weighted by Gasteiger charge is -2.25. The van der Waals surface area contributed by atoms with Gasteiger partial charge >= 0.3 is 5.97 Å². The lowest BCUT2D eigenvalue weighted by atomic mass is 10.0. The van der Waals surface area contributed by atoms with Crippen LogP contribution in [0, 0.1) is 5.92 Å². The number of carbonyl (C=O) groups excluding carboxylic acids is 3. The predicted octanol–water partition coefficient (Wildman–Crippen LogP) is 6.05. The summed E-state index contributed by atoms with van der Waals surface area (Å²) in [6, 6.07) is 27.9. The number of ether oxygens (including phenoxy) is 1. The number of aromatic nitrogens is 1. The molecule has 0 spiro atoms. The largest absolute Gasteiger partial charge is 0.459 e. The molecule has 1 heterocycles. The van der Waals surface area contributed by atoms with E-state index in [9.17, 15) is 14.4 Å². The minimum atomic E-state index is -0.934. The number of carbonyl (C=O) groups is 3. The molecule has 224 valence electrons. The fraction of sp³-hybridized carbons (Fsp3) is 0.286. The molecule has 4 aromatic rings. The predicted molar refractivity (Wildman–Crippen MR) is 166 cm³/mol. The highest BCUT2D eigenvalue weighted by Gasteiger charge is 2.30. The Balaban J connectivity index is 1.54. The summed E-state index contributed by atoms with van der Waals surface area (Å²) in [4.78, 5) is 44.7. The molecule has 1 unspecified atom stereocenters. The van der Waals surface area contributed by atoms with E-state index in [0.29, 0.717) is 6.42 Å². The van der Waals surface area contributed by atoms with Crippen molar-refractivity contribution in [2.75, 3.05) is 14.2 Å². The summed E-state index contributed by atoms with van der Waals surface area (Å²) in [6.45, 7) is 4.02. The summed E-state index contributed by atoms with van der Waals surface area (Å²) in [6.07, 6.45) is 3.84. The molecule has 2 atom stereocenters. The Morgan fingerprint density at radius 3 is 2.00 bits per heavy atom. The number of nitrogens with one attached hydrogen (secondary N) is 1. The van der Waals surface area contributed by atoms with Gasteiger partial charge in [-0.05, 0) is 46.2 Å². The Morgan fingerprint density at radius 1 is 0.814 bits per heavy atom. The minimum Gasteiger partial charge on any atom is -0.459 e. The third-order valence-corrected chi connectivity index (χ3v) is 7.20. The third-order valence-electron chi connectivity index (χ3n) is 7.20. The fourth-order valence-corrected chi connectivity index (χ4v) is 4.83. The first-order valence-corrected chi connectivity index (χ1v) is 14.4. The van der Waals surface area contributed by atoms with Gasteiger partial charge in [-0.25, -0.2) is 9.86 Å². The topological polar surface area (TPSA) is 89.9 Å². The summed E-state index contributed by atoms with van der Waals surface area (Å²) in [7, 11) is 2.89. The number of hydrogen-bond donors (Lipinski definition) is 1. The summed E-state index contributed by atoms with van der Waals surface area (Å²) in [5.41, 5.74) is 4.95. The zero-order valence-electron chi connectivity index (χ0n) is 25.1. The summed E-state index contributed by atoms with van der Waals surface area (Å²) in [5.74, 6) is -1.20. The molecule has 8 heteroatoms. The molecule has 2 amide bonds. The number of likely N-dealkylation sites (N-methyl/N-ethyl adjacent to an activating group) is 1. The van der Waals surface area contributed by atoms with Crippen LogP contribution in [0.1, 0.15) is 38.3 Å². The Hall–Kier alpha value is -4.69. The molecule has 0 bridgehead atoms. The molecule has 1 aromatic heterocycles. The van der Waals surface area contributed by atoms with Crippen molar-refractivity contribution in [1.29, 1.82) is 0 Å². The molecule has 0 aliphatic heterocycles. The van der Waals surface area contributed by atoms with Gasteiger partial charge in [0.1, 0.15) is 18.7 Å². The number of rotatable bonds is 13. The van der Waals surface area contributed by atoms with Crippen LogP contribution < -0.4 is 5.32 Å². The van der Waals surface area contributed by atoms with Crippen LogP contribution in [0.5, 0.6) is 0 Å². The maximum atomic E-state index is 13.4. The zero-order valence-corrected chi connectivity index (χ0v) is 25.1. The van der Waals surface area contributed by atoms with E-state index < -0.39 is 24.0 Å². The lowest BCUT2D eigenvalue weighted by molar-refractivity contribution is -0.172. The van der Waals surface area contributed by atoms with Gasteiger partial charge in [-0.2, -0.15) is 0 Å². The van der Waals surface area contributed by atoms with Crippen LogP contribution in [-0.4, -0.2) is 47.6 Å². The lowest BCUT2D eigenvalue weighted by Crippen LogP contribution is -2.48. The number of hydrogen-bond acceptors (Lipinski definition) is 5. The molecule has 4 rings (SSSR count). The van der Waals surface area contributed by atoms with E-state index in [1.165, 1.54) is 14.2 Å². The van der Waals surface area contributed by atoms with Crippen LogP contribution in [0.25, 0.3) is 22.3 Å². The van der Waals surface area contributed by atoms with Crippen molar-refractivity contribution in [3.8, 4) is 22.3 Å². The van der Waals surface area contributed by atoms with E-state index in [4.69, 9.17) is 9.57 Å². The molecule has 0 aliphatic rings. The number of benzene rings is 3. The van der Waals surface area contributed by atoms with Gasteiger partial charge in [-0.1, -0.05) is 98.8 Å². The van der Waals surface area contributed by atoms with Crippen molar-refractivity contribution in [3.63, 3.8) is 0 Å². The smallest absolute Gasteiger partial charge is 0.329 e. The zero-order chi connectivity index (χ0) is 30.8. The van der Waals surface area contributed by atoms with E-state index in [1.54, 1.807) is 10.8 Å². The molecule has 0 aliphatic carbocycles. The highest BCUT2D eigenvalue weighted by atomic mass is 16.7. The second-order valence-electron chi connectivity index (χ2n) is 10.9. The average molecular weight is 582 g/mol. The van der Waals surface area contributed by atoms with Gasteiger partial charge in [0.15, 0.2) is 0 Å². The molecule has 0 radical (unpaired) electrons. The van der Waals surface area contributed by atoms with Crippen LogP contribution >= 0.6 is 0 Å². The van der Waals surface area contributed by atoms with E-state index >= 15 is 0 Å². The molecule has 3 aromatic carbocycles. The van der Waals surface area contributed by atoms with Gasteiger partial charge in [0.05, 0.1) is 13.5 Å². The highest BCUT2D eigenvalue weighted by molar-refractivity contribution is 5.89. The first kappa shape index (κ1) is 31.3. The number of hydroxylamine groups is 2. The number of nitrogens with zero attached hydrogens (tertiary/aromatic N) is 2. The molecule has 1 N–H and O–H groups in total. The molecule has 0 fully saturated rings. The maximum absolute atomic E-state index is 13.4. The molecule has 0 saturated carbocycles. The van der Waals surface area contributed by atoms with E-state index in [2.05, 4.69) is 29.6 Å². The van der Waals surface area contributed by atoms with E-state index in [-0.39, 0.29) is 24.9 Å². The Labute approximate surface area is 253 Å². The molecular formula is C35H39N3O5. The van der Waals surface area contributed by atoms with Gasteiger partial charge in [0, 0.05) is 19.4 Å². The summed E-state index contributed by atoms with van der Waals surface area (Å²) < 4.78 is 7.37. The number of esters is 1. The van der Waals surface area contributed by atoms with Gasteiger partial charge < -0.3 is 14.6 Å². The quantitative estimate of drug-likeness (QED) is 0.153. The van der Waals surface area contributed by atoms with Crippen LogP contribution in [0.2, 0.25) is 0 Å². The highest BCUT2D eigenvalue weighted by Crippen LogP contribution is 2.27. The molecule has 8 nitrogen and oxygen atoms in total. The van der Waals surface area contributed by atoms with Gasteiger partial charge in [-0.3, -0.25) is 14.4 Å². The summed E-state index contributed by atoms with van der Waals surface area (Å²) >= 11 is 0. The molecule has 0 saturated heterocycles. The van der Waals surface area contributed by atoms with Crippen molar-refractivity contribution < 1.29 is 24.0 Å². The van der Waals surface area contributed by atoms with Gasteiger partial charge in [0.25, 0.3) is 5.91 Å². The van der Waals surface area contributed by atoms with Crippen molar-refractivity contribution in [2.45, 2.75) is 45.4 Å². The third kappa shape index (κ3) is 8.66. The second kappa shape index (κ2) is 15.0. The Morgan fingerprint density at radius 2 is 1.40 bits per heavy atom. The number of amides is 2. The molecular weight excluding hydrogens is 542 g/mol. The van der Waals surface area contributed by atoms with Crippen molar-refractivity contribution >= 4 is 17.8 Å². The van der Waals surface area contributed by atoms with Crippen LogP contribution in [-0.2, 0) is 30.6 Å². The Kier molecular flexibility index (Phi) is 10.9. The van der Waals surface area contributed by atoms with Crippen molar-refractivity contribution in [3.05, 3.63) is 109 Å². The van der Waals surface area contributed by atoms with Crippen molar-refractivity contribution in [2.24, 2.45) is 5.92 Å². The maximum Gasteiger partial charge on any atom is 0.329 e. The van der Waals surface area contributed by atoms with Crippen LogP contribution in [0.15, 0.2) is 103 Å². The van der Waals surface area contributed by atoms with Gasteiger partial charge in [0.2, 0.25) is 5.91 Å². The normalized spacial score (nSPS) is 12.4. The summed E-state index contributed by atoms with van der Waals surface area (Å²) in [5, 5.41) is 3.92. The van der Waals surface area contributed by atoms with Gasteiger partial charge in [-0.15, -0.1) is 0 Å². The monoisotopic (exact) mass is 581 g/mol.